The van der Waals surface area contributed by atoms with Crippen molar-refractivity contribution in [3.63, 3.8) is 0 Å². The topological polar surface area (TPSA) is 24.1 Å². The van der Waals surface area contributed by atoms with E-state index in [-0.39, 0.29) is 0 Å². The number of fused-ring (bicyclic) bond motifs is 1. The van der Waals surface area contributed by atoms with Crippen molar-refractivity contribution in [1.82, 2.24) is 10.6 Å². The van der Waals surface area contributed by atoms with Crippen molar-refractivity contribution in [2.24, 2.45) is 0 Å². The van der Waals surface area contributed by atoms with Crippen molar-refractivity contribution in [1.29, 1.82) is 0 Å². The summed E-state index contributed by atoms with van der Waals surface area (Å²) in [7, 11) is 1.91. The minimum Gasteiger partial charge on any atom is -0.312 e. The van der Waals surface area contributed by atoms with E-state index in [9.17, 15) is 0 Å². The predicted octanol–water partition coefficient (Wildman–Crippen LogP) is 0.903. The van der Waals surface area contributed by atoms with Crippen LogP contribution in [0.2, 0.25) is 0 Å². The Bertz CT molecular complexity index is 399. The Morgan fingerprint density at radius 3 is 3.20 bits per heavy atom. The molecule has 1 aromatic rings. The van der Waals surface area contributed by atoms with Crippen LogP contribution in [0.1, 0.15) is 16.7 Å². The molecule has 0 bridgehead atoms. The molecule has 15 heavy (non-hydrogen) atoms. The fourth-order valence-electron chi connectivity index (χ4n) is 1.79. The molecule has 2 nitrogen and oxygen atoms in total. The van der Waals surface area contributed by atoms with E-state index in [0.717, 1.165) is 31.6 Å². The van der Waals surface area contributed by atoms with Gasteiger partial charge in [0.15, 0.2) is 0 Å². The van der Waals surface area contributed by atoms with Crippen LogP contribution in [0.4, 0.5) is 0 Å². The van der Waals surface area contributed by atoms with E-state index in [2.05, 4.69) is 40.7 Å². The van der Waals surface area contributed by atoms with Gasteiger partial charge in [-0.3, -0.25) is 0 Å². The molecule has 78 valence electrons. The summed E-state index contributed by atoms with van der Waals surface area (Å²) in [5.41, 5.74) is 4.00. The van der Waals surface area contributed by atoms with Gasteiger partial charge in [-0.05, 0) is 43.3 Å². The van der Waals surface area contributed by atoms with Crippen LogP contribution in [0.15, 0.2) is 18.2 Å². The molecule has 0 amide bonds. The summed E-state index contributed by atoms with van der Waals surface area (Å²) in [5.74, 6) is 6.24. The van der Waals surface area contributed by atoms with Crippen molar-refractivity contribution in [3.05, 3.63) is 34.9 Å². The molecule has 1 aliphatic heterocycles. The third-order valence-electron chi connectivity index (χ3n) is 2.59. The van der Waals surface area contributed by atoms with Crippen molar-refractivity contribution in [3.8, 4) is 11.8 Å². The van der Waals surface area contributed by atoms with Gasteiger partial charge in [0.05, 0.1) is 6.54 Å². The van der Waals surface area contributed by atoms with Gasteiger partial charge in [0, 0.05) is 12.1 Å². The van der Waals surface area contributed by atoms with Gasteiger partial charge in [-0.1, -0.05) is 17.9 Å². The molecule has 1 aliphatic rings. The standard InChI is InChI=1S/C13H16N2/c1-14-7-2-3-11-4-5-13-10-15-8-6-12(13)9-11/h4-5,9,14-15H,6-8,10H2,1H3. The first-order valence-electron chi connectivity index (χ1n) is 5.36. The summed E-state index contributed by atoms with van der Waals surface area (Å²) >= 11 is 0. The Hall–Kier alpha value is -1.30. The molecule has 1 heterocycles. The van der Waals surface area contributed by atoms with E-state index in [1.807, 2.05) is 7.05 Å². The molecule has 0 unspecified atom stereocenters. The maximum absolute atomic E-state index is 3.37. The second-order valence-electron chi connectivity index (χ2n) is 3.74. The third kappa shape index (κ3) is 2.59. The minimum atomic E-state index is 0.749. The molecule has 2 N–H and O–H groups in total. The number of nitrogens with one attached hydrogen (secondary N) is 2. The zero-order valence-electron chi connectivity index (χ0n) is 9.06. The second kappa shape index (κ2) is 4.97. The molecule has 2 rings (SSSR count). The molecule has 0 saturated heterocycles. The maximum atomic E-state index is 3.37. The van der Waals surface area contributed by atoms with Gasteiger partial charge in [0.25, 0.3) is 0 Å². The molecule has 2 heteroatoms. The van der Waals surface area contributed by atoms with E-state index >= 15 is 0 Å². The molecular formula is C13H16N2. The molecule has 1 aromatic carbocycles. The highest BCUT2D eigenvalue weighted by Gasteiger charge is 2.07. The van der Waals surface area contributed by atoms with E-state index < -0.39 is 0 Å². The number of rotatable bonds is 1. The van der Waals surface area contributed by atoms with Crippen molar-refractivity contribution in [2.45, 2.75) is 13.0 Å². The Labute approximate surface area is 91.1 Å². The normalized spacial score (nSPS) is 13.9. The summed E-state index contributed by atoms with van der Waals surface area (Å²) in [6.45, 7) is 2.83. The smallest absolute Gasteiger partial charge is 0.0577 e. The van der Waals surface area contributed by atoms with E-state index in [1.165, 1.54) is 11.1 Å². The SMILES string of the molecule is CNCC#Cc1ccc2c(c1)CCNC2. The van der Waals surface area contributed by atoms with Crippen LogP contribution in [0.5, 0.6) is 0 Å². The molecule has 0 atom stereocenters. The Kier molecular flexibility index (Phi) is 3.39. The zero-order valence-corrected chi connectivity index (χ0v) is 9.06. The largest absolute Gasteiger partial charge is 0.312 e. The summed E-state index contributed by atoms with van der Waals surface area (Å²) in [6.07, 6.45) is 1.12. The Morgan fingerprint density at radius 1 is 1.40 bits per heavy atom. The molecular weight excluding hydrogens is 184 g/mol. The summed E-state index contributed by atoms with van der Waals surface area (Å²) in [4.78, 5) is 0. The van der Waals surface area contributed by atoms with E-state index in [4.69, 9.17) is 0 Å². The molecule has 0 radical (unpaired) electrons. The first-order valence-corrected chi connectivity index (χ1v) is 5.36. The Morgan fingerprint density at radius 2 is 2.33 bits per heavy atom. The lowest BCUT2D eigenvalue weighted by molar-refractivity contribution is 0.643. The number of benzene rings is 1. The first kappa shape index (κ1) is 10.2. The van der Waals surface area contributed by atoms with Gasteiger partial charge in [-0.25, -0.2) is 0 Å². The van der Waals surface area contributed by atoms with Gasteiger partial charge < -0.3 is 10.6 Å². The predicted molar refractivity (Wildman–Crippen MR) is 62.7 cm³/mol. The van der Waals surface area contributed by atoms with Crippen LogP contribution < -0.4 is 10.6 Å². The third-order valence-corrected chi connectivity index (χ3v) is 2.59. The lowest BCUT2D eigenvalue weighted by Crippen LogP contribution is -2.23. The average molecular weight is 200 g/mol. The average Bonchev–Trinajstić information content (AvgIpc) is 2.29. The van der Waals surface area contributed by atoms with E-state index in [0.29, 0.717) is 0 Å². The maximum Gasteiger partial charge on any atom is 0.0577 e. The summed E-state index contributed by atoms with van der Waals surface area (Å²) in [5, 5.41) is 6.38. The highest BCUT2D eigenvalue weighted by molar-refractivity contribution is 5.42. The van der Waals surface area contributed by atoms with Gasteiger partial charge >= 0.3 is 0 Å². The fraction of sp³-hybridized carbons (Fsp3) is 0.385. The van der Waals surface area contributed by atoms with Crippen LogP contribution in [0.3, 0.4) is 0 Å². The lowest BCUT2D eigenvalue weighted by Gasteiger charge is -2.16. The molecule has 0 spiro atoms. The summed E-state index contributed by atoms with van der Waals surface area (Å²) in [6, 6.07) is 6.51. The van der Waals surface area contributed by atoms with Crippen LogP contribution >= 0.6 is 0 Å². The van der Waals surface area contributed by atoms with Gasteiger partial charge in [-0.15, -0.1) is 0 Å². The summed E-state index contributed by atoms with van der Waals surface area (Å²) < 4.78 is 0. The highest BCUT2D eigenvalue weighted by Crippen LogP contribution is 2.15. The fourth-order valence-corrected chi connectivity index (χ4v) is 1.79. The zero-order chi connectivity index (χ0) is 10.5. The monoisotopic (exact) mass is 200 g/mol. The minimum absolute atomic E-state index is 0.749. The lowest BCUT2D eigenvalue weighted by atomic mass is 9.99. The molecule has 0 aromatic heterocycles. The molecule has 0 aliphatic carbocycles. The second-order valence-corrected chi connectivity index (χ2v) is 3.74. The van der Waals surface area contributed by atoms with Gasteiger partial charge in [0.1, 0.15) is 0 Å². The van der Waals surface area contributed by atoms with Crippen molar-refractivity contribution >= 4 is 0 Å². The molecule has 0 fully saturated rings. The van der Waals surface area contributed by atoms with Crippen molar-refractivity contribution in [2.75, 3.05) is 20.1 Å². The number of hydrogen-bond donors (Lipinski definition) is 2. The molecule has 0 saturated carbocycles. The highest BCUT2D eigenvalue weighted by atomic mass is 14.9. The first-order chi connectivity index (χ1) is 7.40. The van der Waals surface area contributed by atoms with Gasteiger partial charge in [0.2, 0.25) is 0 Å². The van der Waals surface area contributed by atoms with Crippen LogP contribution in [0, 0.1) is 11.8 Å². The van der Waals surface area contributed by atoms with Crippen LogP contribution in [0.25, 0.3) is 0 Å². The van der Waals surface area contributed by atoms with Crippen molar-refractivity contribution < 1.29 is 0 Å². The van der Waals surface area contributed by atoms with Gasteiger partial charge in [-0.2, -0.15) is 0 Å². The Balaban J connectivity index is 2.18. The van der Waals surface area contributed by atoms with E-state index in [1.54, 1.807) is 0 Å². The van der Waals surface area contributed by atoms with Crippen LogP contribution in [-0.4, -0.2) is 20.1 Å². The quantitative estimate of drug-likeness (QED) is 0.658. The number of hydrogen-bond acceptors (Lipinski definition) is 2. The van der Waals surface area contributed by atoms with Crippen LogP contribution in [-0.2, 0) is 13.0 Å².